The van der Waals surface area contributed by atoms with E-state index in [4.69, 9.17) is 17.3 Å². The number of hydrogen-bond acceptors (Lipinski definition) is 3. The van der Waals surface area contributed by atoms with Crippen LogP contribution in [0, 0.1) is 5.41 Å². The second kappa shape index (κ2) is 4.76. The first kappa shape index (κ1) is 13.1. The number of anilines is 1. The van der Waals surface area contributed by atoms with Gasteiger partial charge in [-0.2, -0.15) is 0 Å². The minimum atomic E-state index is -0.167. The van der Waals surface area contributed by atoms with E-state index >= 15 is 0 Å². The third-order valence-corrected chi connectivity index (χ3v) is 3.66. The highest BCUT2D eigenvalue weighted by Crippen LogP contribution is 2.37. The van der Waals surface area contributed by atoms with Crippen molar-refractivity contribution >= 4 is 23.2 Å². The molecule has 0 aromatic carbocycles. The first-order chi connectivity index (χ1) is 8.37. The fourth-order valence-electron chi connectivity index (χ4n) is 2.46. The number of halogens is 1. The van der Waals surface area contributed by atoms with Crippen LogP contribution in [0.3, 0.4) is 0 Å². The van der Waals surface area contributed by atoms with Crippen LogP contribution in [0.2, 0.25) is 5.15 Å². The van der Waals surface area contributed by atoms with Crippen molar-refractivity contribution < 1.29 is 4.79 Å². The second-order valence-electron chi connectivity index (χ2n) is 5.67. The Kier molecular flexibility index (Phi) is 3.48. The average Bonchev–Trinajstić information content (AvgIpc) is 2.61. The molecule has 0 saturated heterocycles. The van der Waals surface area contributed by atoms with Crippen LogP contribution < -0.4 is 11.1 Å². The number of carbonyl (C=O) groups is 1. The van der Waals surface area contributed by atoms with Crippen LogP contribution in [0.1, 0.15) is 43.5 Å². The lowest BCUT2D eigenvalue weighted by molar-refractivity contribution is 0.0937. The van der Waals surface area contributed by atoms with Gasteiger partial charge in [0, 0.05) is 6.04 Å². The predicted molar refractivity (Wildman–Crippen MR) is 72.5 cm³/mol. The number of pyridine rings is 1. The topological polar surface area (TPSA) is 68.0 Å². The number of hydrogen-bond donors (Lipinski definition) is 2. The van der Waals surface area contributed by atoms with Gasteiger partial charge in [0.25, 0.3) is 5.91 Å². The fourth-order valence-corrected chi connectivity index (χ4v) is 2.62. The smallest absolute Gasteiger partial charge is 0.253 e. The summed E-state index contributed by atoms with van der Waals surface area (Å²) in [6.45, 7) is 4.44. The van der Waals surface area contributed by atoms with Crippen LogP contribution in [0.25, 0.3) is 0 Å². The lowest BCUT2D eigenvalue weighted by Gasteiger charge is -2.18. The summed E-state index contributed by atoms with van der Waals surface area (Å²) in [6, 6.07) is 1.73. The van der Waals surface area contributed by atoms with Crippen molar-refractivity contribution in [1.82, 2.24) is 10.3 Å². The van der Waals surface area contributed by atoms with Gasteiger partial charge >= 0.3 is 0 Å². The molecule has 1 aliphatic rings. The van der Waals surface area contributed by atoms with E-state index in [9.17, 15) is 4.79 Å². The number of nitrogen functional groups attached to an aromatic ring is 1. The average molecular weight is 268 g/mol. The van der Waals surface area contributed by atoms with E-state index in [0.29, 0.717) is 16.7 Å². The Morgan fingerprint density at radius 3 is 2.94 bits per heavy atom. The zero-order chi connectivity index (χ0) is 13.3. The zero-order valence-corrected chi connectivity index (χ0v) is 11.4. The highest BCUT2D eigenvalue weighted by Gasteiger charge is 2.32. The maximum absolute atomic E-state index is 12.1. The molecule has 18 heavy (non-hydrogen) atoms. The van der Waals surface area contributed by atoms with E-state index in [0.717, 1.165) is 19.3 Å². The zero-order valence-electron chi connectivity index (χ0n) is 10.7. The Balaban J connectivity index is 2.06. The molecule has 1 atom stereocenters. The SMILES string of the molecule is CC1(C)CCC(NC(=O)c2cc(Cl)ncc2N)C1. The van der Waals surface area contributed by atoms with Crippen molar-refractivity contribution in [2.24, 2.45) is 5.41 Å². The van der Waals surface area contributed by atoms with Crippen LogP contribution in [0.4, 0.5) is 5.69 Å². The van der Waals surface area contributed by atoms with Gasteiger partial charge in [-0.3, -0.25) is 4.79 Å². The van der Waals surface area contributed by atoms with Crippen LogP contribution in [-0.2, 0) is 0 Å². The summed E-state index contributed by atoms with van der Waals surface area (Å²) in [5.41, 5.74) is 6.80. The first-order valence-electron chi connectivity index (χ1n) is 6.09. The molecule has 98 valence electrons. The number of aromatic nitrogens is 1. The molecule has 0 bridgehead atoms. The number of nitrogens with one attached hydrogen (secondary N) is 1. The molecule has 5 heteroatoms. The normalized spacial score (nSPS) is 21.8. The van der Waals surface area contributed by atoms with Gasteiger partial charge in [0.05, 0.1) is 17.4 Å². The van der Waals surface area contributed by atoms with E-state index in [-0.39, 0.29) is 17.1 Å². The molecule has 1 amide bonds. The summed E-state index contributed by atoms with van der Waals surface area (Å²) in [7, 11) is 0. The summed E-state index contributed by atoms with van der Waals surface area (Å²) < 4.78 is 0. The molecule has 0 spiro atoms. The number of nitrogens with two attached hydrogens (primary N) is 1. The molecule has 2 rings (SSSR count). The van der Waals surface area contributed by atoms with Crippen molar-refractivity contribution in [3.63, 3.8) is 0 Å². The molecule has 1 aliphatic carbocycles. The van der Waals surface area contributed by atoms with Gasteiger partial charge in [-0.1, -0.05) is 25.4 Å². The van der Waals surface area contributed by atoms with Gasteiger partial charge in [0.2, 0.25) is 0 Å². The Labute approximate surface area is 112 Å². The molecule has 4 nitrogen and oxygen atoms in total. The number of carbonyl (C=O) groups excluding carboxylic acids is 1. The highest BCUT2D eigenvalue weighted by atomic mass is 35.5. The van der Waals surface area contributed by atoms with Crippen molar-refractivity contribution in [2.45, 2.75) is 39.2 Å². The Morgan fingerprint density at radius 2 is 2.33 bits per heavy atom. The maximum Gasteiger partial charge on any atom is 0.253 e. The standard InChI is InChI=1S/C13H18ClN3O/c1-13(2)4-3-8(6-13)17-12(18)9-5-11(14)16-7-10(9)15/h5,7-8H,3-4,6,15H2,1-2H3,(H,17,18). The van der Waals surface area contributed by atoms with Gasteiger partial charge < -0.3 is 11.1 Å². The van der Waals surface area contributed by atoms with E-state index in [2.05, 4.69) is 24.1 Å². The molecule has 1 aromatic heterocycles. The predicted octanol–water partition coefficient (Wildman–Crippen LogP) is 2.63. The summed E-state index contributed by atoms with van der Waals surface area (Å²) in [5.74, 6) is -0.167. The summed E-state index contributed by atoms with van der Waals surface area (Å²) >= 11 is 5.78. The second-order valence-corrected chi connectivity index (χ2v) is 6.06. The molecule has 0 aliphatic heterocycles. The van der Waals surface area contributed by atoms with E-state index in [1.54, 1.807) is 0 Å². The van der Waals surface area contributed by atoms with Crippen molar-refractivity contribution in [3.05, 3.63) is 23.0 Å². The summed E-state index contributed by atoms with van der Waals surface area (Å²) in [4.78, 5) is 15.9. The van der Waals surface area contributed by atoms with Gasteiger partial charge in [-0.25, -0.2) is 4.98 Å². The molecule has 1 unspecified atom stereocenters. The molecule has 1 heterocycles. The molecular weight excluding hydrogens is 250 g/mol. The third kappa shape index (κ3) is 2.93. The number of nitrogens with zero attached hydrogens (tertiary/aromatic N) is 1. The van der Waals surface area contributed by atoms with E-state index < -0.39 is 0 Å². The summed E-state index contributed by atoms with van der Waals surface area (Å²) in [5, 5.41) is 3.29. The summed E-state index contributed by atoms with van der Waals surface area (Å²) in [6.07, 6.45) is 4.55. The Morgan fingerprint density at radius 1 is 1.61 bits per heavy atom. The largest absolute Gasteiger partial charge is 0.397 e. The van der Waals surface area contributed by atoms with E-state index in [1.807, 2.05) is 0 Å². The minimum Gasteiger partial charge on any atom is -0.397 e. The minimum absolute atomic E-state index is 0.167. The number of rotatable bonds is 2. The monoisotopic (exact) mass is 267 g/mol. The third-order valence-electron chi connectivity index (χ3n) is 3.45. The van der Waals surface area contributed by atoms with Gasteiger partial charge in [-0.15, -0.1) is 0 Å². The molecule has 1 fully saturated rings. The van der Waals surface area contributed by atoms with Gasteiger partial charge in [0.15, 0.2) is 0 Å². The van der Waals surface area contributed by atoms with E-state index in [1.165, 1.54) is 12.3 Å². The number of amides is 1. The van der Waals surface area contributed by atoms with Crippen molar-refractivity contribution in [3.8, 4) is 0 Å². The maximum atomic E-state index is 12.1. The van der Waals surface area contributed by atoms with Crippen LogP contribution in [-0.4, -0.2) is 16.9 Å². The molecule has 1 saturated carbocycles. The van der Waals surface area contributed by atoms with Gasteiger partial charge in [0.1, 0.15) is 5.15 Å². The first-order valence-corrected chi connectivity index (χ1v) is 6.47. The van der Waals surface area contributed by atoms with Crippen LogP contribution in [0.15, 0.2) is 12.3 Å². The van der Waals surface area contributed by atoms with Crippen molar-refractivity contribution in [2.75, 3.05) is 5.73 Å². The van der Waals surface area contributed by atoms with Gasteiger partial charge in [-0.05, 0) is 30.7 Å². The van der Waals surface area contributed by atoms with Crippen LogP contribution >= 0.6 is 11.6 Å². The fraction of sp³-hybridized carbons (Fsp3) is 0.538. The molecule has 1 aromatic rings. The van der Waals surface area contributed by atoms with Crippen LogP contribution in [0.5, 0.6) is 0 Å². The lowest BCUT2D eigenvalue weighted by Crippen LogP contribution is -2.34. The highest BCUT2D eigenvalue weighted by molar-refractivity contribution is 6.29. The van der Waals surface area contributed by atoms with Crippen molar-refractivity contribution in [1.29, 1.82) is 0 Å². The quantitative estimate of drug-likeness (QED) is 0.810. The molecule has 0 radical (unpaired) electrons. The Hall–Kier alpha value is -1.29. The lowest BCUT2D eigenvalue weighted by atomic mass is 9.92. The Bertz CT molecular complexity index is 473. The molecule has 3 N–H and O–H groups in total. The molecular formula is C13H18ClN3O.